The SMILES string of the molecule is CC(N)C(C)CN1CCCC2(CC2)C1. The number of nitrogens with zero attached hydrogens (tertiary/aromatic N) is 1. The monoisotopic (exact) mass is 196 g/mol. The maximum Gasteiger partial charge on any atom is 0.00483 e. The second-order valence-corrected chi connectivity index (χ2v) is 5.68. The molecule has 1 heterocycles. The zero-order valence-electron chi connectivity index (χ0n) is 9.63. The van der Waals surface area contributed by atoms with E-state index in [0.29, 0.717) is 12.0 Å². The molecule has 1 spiro atoms. The van der Waals surface area contributed by atoms with Crippen molar-refractivity contribution in [1.82, 2.24) is 4.90 Å². The molecule has 2 heteroatoms. The Hall–Kier alpha value is -0.0800. The van der Waals surface area contributed by atoms with Gasteiger partial charge >= 0.3 is 0 Å². The second kappa shape index (κ2) is 3.82. The summed E-state index contributed by atoms with van der Waals surface area (Å²) >= 11 is 0. The summed E-state index contributed by atoms with van der Waals surface area (Å²) in [6.07, 6.45) is 5.86. The Labute approximate surface area is 87.8 Å². The van der Waals surface area contributed by atoms with Crippen molar-refractivity contribution in [1.29, 1.82) is 0 Å². The lowest BCUT2D eigenvalue weighted by Crippen LogP contribution is -2.42. The third kappa shape index (κ3) is 2.29. The molecule has 2 N–H and O–H groups in total. The molecule has 0 radical (unpaired) electrons. The van der Waals surface area contributed by atoms with E-state index in [2.05, 4.69) is 18.7 Å². The average molecular weight is 196 g/mol. The second-order valence-electron chi connectivity index (χ2n) is 5.68. The van der Waals surface area contributed by atoms with Crippen molar-refractivity contribution < 1.29 is 0 Å². The third-order valence-electron chi connectivity index (χ3n) is 4.14. The Bertz CT molecular complexity index is 196. The highest BCUT2D eigenvalue weighted by Crippen LogP contribution is 2.52. The highest BCUT2D eigenvalue weighted by Gasteiger charge is 2.45. The molecule has 2 nitrogen and oxygen atoms in total. The van der Waals surface area contributed by atoms with Crippen molar-refractivity contribution in [3.8, 4) is 0 Å². The van der Waals surface area contributed by atoms with Gasteiger partial charge in [0.05, 0.1) is 0 Å². The normalized spacial score (nSPS) is 30.2. The highest BCUT2D eigenvalue weighted by molar-refractivity contribution is 4.98. The summed E-state index contributed by atoms with van der Waals surface area (Å²) in [5.41, 5.74) is 6.67. The van der Waals surface area contributed by atoms with E-state index < -0.39 is 0 Å². The van der Waals surface area contributed by atoms with Crippen LogP contribution in [0.2, 0.25) is 0 Å². The lowest BCUT2D eigenvalue weighted by atomic mass is 9.93. The minimum atomic E-state index is 0.340. The fraction of sp³-hybridized carbons (Fsp3) is 1.00. The quantitative estimate of drug-likeness (QED) is 0.746. The Kier molecular flexibility index (Phi) is 2.85. The molecule has 2 unspecified atom stereocenters. The van der Waals surface area contributed by atoms with Gasteiger partial charge in [0, 0.05) is 19.1 Å². The van der Waals surface area contributed by atoms with Crippen LogP contribution >= 0.6 is 0 Å². The molecule has 0 amide bonds. The van der Waals surface area contributed by atoms with Gasteiger partial charge < -0.3 is 10.6 Å². The number of piperidine rings is 1. The van der Waals surface area contributed by atoms with Crippen LogP contribution in [-0.4, -0.2) is 30.6 Å². The number of hydrogen-bond donors (Lipinski definition) is 1. The van der Waals surface area contributed by atoms with E-state index >= 15 is 0 Å². The Morgan fingerprint density at radius 2 is 2.00 bits per heavy atom. The van der Waals surface area contributed by atoms with E-state index in [1.54, 1.807) is 0 Å². The van der Waals surface area contributed by atoms with Crippen molar-refractivity contribution in [2.75, 3.05) is 19.6 Å². The van der Waals surface area contributed by atoms with Gasteiger partial charge in [0.1, 0.15) is 0 Å². The van der Waals surface area contributed by atoms with Gasteiger partial charge in [0.15, 0.2) is 0 Å². The topological polar surface area (TPSA) is 29.3 Å². The molecule has 0 aromatic heterocycles. The summed E-state index contributed by atoms with van der Waals surface area (Å²) < 4.78 is 0. The van der Waals surface area contributed by atoms with Gasteiger partial charge in [-0.25, -0.2) is 0 Å². The van der Waals surface area contributed by atoms with Gasteiger partial charge in [-0.1, -0.05) is 6.92 Å². The number of likely N-dealkylation sites (tertiary alicyclic amines) is 1. The highest BCUT2D eigenvalue weighted by atomic mass is 15.1. The molecule has 14 heavy (non-hydrogen) atoms. The van der Waals surface area contributed by atoms with E-state index in [-0.39, 0.29) is 0 Å². The lowest BCUT2D eigenvalue weighted by molar-refractivity contribution is 0.138. The van der Waals surface area contributed by atoms with Crippen LogP contribution in [0, 0.1) is 11.3 Å². The summed E-state index contributed by atoms with van der Waals surface area (Å²) in [5, 5.41) is 0. The molecule has 0 aromatic rings. The molecule has 2 atom stereocenters. The van der Waals surface area contributed by atoms with Crippen LogP contribution in [0.1, 0.15) is 39.5 Å². The molecule has 1 saturated carbocycles. The van der Waals surface area contributed by atoms with Crippen molar-refractivity contribution in [3.05, 3.63) is 0 Å². The maximum absolute atomic E-state index is 5.91. The zero-order valence-corrected chi connectivity index (χ0v) is 9.63. The molecular formula is C12H24N2. The molecule has 2 rings (SSSR count). The van der Waals surface area contributed by atoms with Gasteiger partial charge in [-0.2, -0.15) is 0 Å². The minimum Gasteiger partial charge on any atom is -0.328 e. The van der Waals surface area contributed by atoms with Gasteiger partial charge in [-0.05, 0) is 50.5 Å². The van der Waals surface area contributed by atoms with Gasteiger partial charge in [-0.15, -0.1) is 0 Å². The van der Waals surface area contributed by atoms with E-state index in [4.69, 9.17) is 5.73 Å². The van der Waals surface area contributed by atoms with Crippen LogP contribution in [-0.2, 0) is 0 Å². The lowest BCUT2D eigenvalue weighted by Gasteiger charge is -2.35. The van der Waals surface area contributed by atoms with Crippen molar-refractivity contribution in [2.24, 2.45) is 17.1 Å². The van der Waals surface area contributed by atoms with Crippen molar-refractivity contribution in [3.63, 3.8) is 0 Å². The van der Waals surface area contributed by atoms with Crippen molar-refractivity contribution in [2.45, 2.75) is 45.6 Å². The molecule has 1 saturated heterocycles. The predicted octanol–water partition coefficient (Wildman–Crippen LogP) is 1.85. The standard InChI is InChI=1S/C12H24N2/c1-10(11(2)13)8-14-7-3-4-12(9-14)5-6-12/h10-11H,3-9,13H2,1-2H3. The summed E-state index contributed by atoms with van der Waals surface area (Å²) in [6.45, 7) is 8.27. The molecular weight excluding hydrogens is 172 g/mol. The van der Waals surface area contributed by atoms with Crippen molar-refractivity contribution >= 4 is 0 Å². The number of rotatable bonds is 3. The van der Waals surface area contributed by atoms with Crippen LogP contribution in [0.5, 0.6) is 0 Å². The Balaban J connectivity index is 1.80. The van der Waals surface area contributed by atoms with E-state index in [1.807, 2.05) is 0 Å². The first-order valence-electron chi connectivity index (χ1n) is 6.09. The third-order valence-corrected chi connectivity index (χ3v) is 4.14. The summed E-state index contributed by atoms with van der Waals surface area (Å²) in [4.78, 5) is 2.64. The first-order chi connectivity index (χ1) is 6.61. The largest absolute Gasteiger partial charge is 0.328 e. The van der Waals surface area contributed by atoms with E-state index in [1.165, 1.54) is 45.3 Å². The fourth-order valence-electron chi connectivity index (χ4n) is 2.62. The first kappa shape index (κ1) is 10.4. The molecule has 1 aliphatic carbocycles. The molecule has 1 aliphatic heterocycles. The van der Waals surface area contributed by atoms with Crippen LogP contribution < -0.4 is 5.73 Å². The number of nitrogens with two attached hydrogens (primary N) is 1. The van der Waals surface area contributed by atoms with E-state index in [9.17, 15) is 0 Å². The summed E-state index contributed by atoms with van der Waals surface area (Å²) in [7, 11) is 0. The van der Waals surface area contributed by atoms with Gasteiger partial charge in [0.2, 0.25) is 0 Å². The zero-order chi connectivity index (χ0) is 10.2. The molecule has 2 aliphatic rings. The predicted molar refractivity (Wildman–Crippen MR) is 60.2 cm³/mol. The van der Waals surface area contributed by atoms with Crippen LogP contribution in [0.15, 0.2) is 0 Å². The average Bonchev–Trinajstić information content (AvgIpc) is 2.84. The minimum absolute atomic E-state index is 0.340. The maximum atomic E-state index is 5.91. The van der Waals surface area contributed by atoms with Crippen LogP contribution in [0.3, 0.4) is 0 Å². The number of hydrogen-bond acceptors (Lipinski definition) is 2. The summed E-state index contributed by atoms with van der Waals surface area (Å²) in [6, 6.07) is 0.340. The summed E-state index contributed by atoms with van der Waals surface area (Å²) in [5.74, 6) is 0.642. The molecule has 2 fully saturated rings. The smallest absolute Gasteiger partial charge is 0.00483 e. The first-order valence-corrected chi connectivity index (χ1v) is 6.09. The van der Waals surface area contributed by atoms with Gasteiger partial charge in [-0.3, -0.25) is 0 Å². The molecule has 0 aromatic carbocycles. The van der Waals surface area contributed by atoms with E-state index in [0.717, 1.165) is 5.41 Å². The van der Waals surface area contributed by atoms with Crippen LogP contribution in [0.4, 0.5) is 0 Å². The Morgan fingerprint density at radius 3 is 2.57 bits per heavy atom. The Morgan fingerprint density at radius 1 is 1.29 bits per heavy atom. The molecule has 0 bridgehead atoms. The van der Waals surface area contributed by atoms with Crippen LogP contribution in [0.25, 0.3) is 0 Å². The fourth-order valence-corrected chi connectivity index (χ4v) is 2.62. The molecule has 82 valence electrons. The van der Waals surface area contributed by atoms with Gasteiger partial charge in [0.25, 0.3) is 0 Å².